The third-order valence-electron chi connectivity index (χ3n) is 2.84. The molecule has 0 saturated heterocycles. The summed E-state index contributed by atoms with van der Waals surface area (Å²) in [7, 11) is -3.89. The Morgan fingerprint density at radius 3 is 2.74 bits per heavy atom. The van der Waals surface area contributed by atoms with Crippen molar-refractivity contribution in [1.82, 2.24) is 15.4 Å². The lowest BCUT2D eigenvalue weighted by Gasteiger charge is -2.13. The number of carbonyl (C=O) groups excluding carboxylic acids is 1. The van der Waals surface area contributed by atoms with E-state index in [4.69, 9.17) is 5.21 Å². The van der Waals surface area contributed by atoms with E-state index in [-0.39, 0.29) is 11.6 Å². The van der Waals surface area contributed by atoms with Gasteiger partial charge in [0.25, 0.3) is 5.91 Å². The topological polar surface area (TPSA) is 112 Å². The van der Waals surface area contributed by atoms with Gasteiger partial charge in [-0.05, 0) is 6.42 Å². The number of hydroxylamine groups is 1. The molecule has 1 atom stereocenters. The predicted octanol–water partition coefficient (Wildman–Crippen LogP) is 1.03. The first-order valence-electron chi connectivity index (χ1n) is 6.21. The Kier molecular flexibility index (Phi) is 5.97. The highest BCUT2D eigenvalue weighted by Gasteiger charge is 2.35. The van der Waals surface area contributed by atoms with Crippen molar-refractivity contribution in [2.24, 2.45) is 0 Å². The maximum atomic E-state index is 12.2. The van der Waals surface area contributed by atoms with Gasteiger partial charge < -0.3 is 4.98 Å². The van der Waals surface area contributed by atoms with Crippen molar-refractivity contribution in [3.05, 3.63) is 12.4 Å². The van der Waals surface area contributed by atoms with E-state index in [2.05, 4.69) is 9.97 Å². The summed E-state index contributed by atoms with van der Waals surface area (Å²) in [6, 6.07) is 0. The second-order valence-electron chi connectivity index (χ2n) is 4.25. The molecule has 0 aliphatic heterocycles. The van der Waals surface area contributed by atoms with Crippen LogP contribution in [0.1, 0.15) is 39.0 Å². The zero-order chi connectivity index (χ0) is 14.3. The van der Waals surface area contributed by atoms with Crippen molar-refractivity contribution in [3.63, 3.8) is 0 Å². The van der Waals surface area contributed by atoms with Gasteiger partial charge in [0.2, 0.25) is 15.0 Å². The number of aromatic nitrogens is 2. The Balaban J connectivity index is 2.82. The third-order valence-corrected chi connectivity index (χ3v) is 4.80. The van der Waals surface area contributed by atoms with Crippen molar-refractivity contribution in [3.8, 4) is 0 Å². The van der Waals surface area contributed by atoms with E-state index in [1.54, 1.807) is 0 Å². The number of H-pyrrole nitrogens is 1. The van der Waals surface area contributed by atoms with Crippen molar-refractivity contribution < 1.29 is 18.4 Å². The van der Waals surface area contributed by atoms with E-state index in [0.717, 1.165) is 19.3 Å². The molecule has 0 aliphatic carbocycles. The van der Waals surface area contributed by atoms with Crippen molar-refractivity contribution >= 4 is 15.7 Å². The second-order valence-corrected chi connectivity index (χ2v) is 6.30. The highest BCUT2D eigenvalue weighted by Crippen LogP contribution is 2.18. The van der Waals surface area contributed by atoms with E-state index >= 15 is 0 Å². The first-order valence-corrected chi connectivity index (χ1v) is 7.76. The molecule has 0 radical (unpaired) electrons. The highest BCUT2D eigenvalue weighted by atomic mass is 32.2. The zero-order valence-electron chi connectivity index (χ0n) is 10.8. The minimum absolute atomic E-state index is 0.162. The number of unbranched alkanes of at least 4 members (excludes halogenated alkanes) is 3. The summed E-state index contributed by atoms with van der Waals surface area (Å²) < 4.78 is 24.4. The molecule has 108 valence electrons. The average molecular weight is 289 g/mol. The van der Waals surface area contributed by atoms with Crippen LogP contribution in [0.5, 0.6) is 0 Å². The van der Waals surface area contributed by atoms with Gasteiger partial charge in [-0.2, -0.15) is 0 Å². The number of nitrogens with zero attached hydrogens (tertiary/aromatic N) is 1. The summed E-state index contributed by atoms with van der Waals surface area (Å²) in [4.78, 5) is 17.7. The molecule has 8 heteroatoms. The number of nitrogens with one attached hydrogen (secondary N) is 2. The molecule has 0 aromatic carbocycles. The fraction of sp³-hybridized carbons (Fsp3) is 0.636. The molecule has 1 aromatic rings. The van der Waals surface area contributed by atoms with Crippen LogP contribution in [0.3, 0.4) is 0 Å². The first kappa shape index (κ1) is 15.6. The summed E-state index contributed by atoms with van der Waals surface area (Å²) in [6.07, 6.45) is 6.28. The normalized spacial score (nSPS) is 13.2. The molecule has 3 N–H and O–H groups in total. The number of hydrogen-bond acceptors (Lipinski definition) is 5. The van der Waals surface area contributed by atoms with Crippen molar-refractivity contribution in [1.29, 1.82) is 0 Å². The molecule has 0 fully saturated rings. The Morgan fingerprint density at radius 2 is 2.21 bits per heavy atom. The van der Waals surface area contributed by atoms with Gasteiger partial charge >= 0.3 is 0 Å². The van der Waals surface area contributed by atoms with Crippen LogP contribution in [0.2, 0.25) is 0 Å². The smallest absolute Gasteiger partial charge is 0.262 e. The van der Waals surface area contributed by atoms with Gasteiger partial charge in [-0.25, -0.2) is 18.9 Å². The van der Waals surface area contributed by atoms with E-state index in [9.17, 15) is 13.2 Å². The maximum Gasteiger partial charge on any atom is 0.262 e. The summed E-state index contributed by atoms with van der Waals surface area (Å²) in [5.74, 6) is -0.923. The fourth-order valence-electron chi connectivity index (χ4n) is 1.80. The molecule has 1 unspecified atom stereocenters. The number of carbonyl (C=O) groups is 1. The van der Waals surface area contributed by atoms with Crippen LogP contribution in [-0.2, 0) is 14.6 Å². The van der Waals surface area contributed by atoms with Gasteiger partial charge in [0, 0.05) is 12.4 Å². The van der Waals surface area contributed by atoms with Crippen molar-refractivity contribution in [2.75, 3.05) is 0 Å². The van der Waals surface area contributed by atoms with Gasteiger partial charge in [0.15, 0.2) is 0 Å². The zero-order valence-corrected chi connectivity index (χ0v) is 11.6. The standard InChI is InChI=1S/C11H19N3O4S/c1-2-3-4-5-6-9(10(15)14-16)19(17,18)11-12-7-8-13-11/h7-9,16H,2-6H2,1H3,(H,12,13)(H,14,15). The van der Waals surface area contributed by atoms with Gasteiger partial charge in [-0.3, -0.25) is 10.0 Å². The molecule has 0 saturated carbocycles. The Bertz CT molecular complexity index is 484. The number of sulfone groups is 1. The lowest BCUT2D eigenvalue weighted by molar-refractivity contribution is -0.128. The van der Waals surface area contributed by atoms with Crippen LogP contribution < -0.4 is 5.48 Å². The molecule has 19 heavy (non-hydrogen) atoms. The molecular weight excluding hydrogens is 270 g/mol. The number of hydrogen-bond donors (Lipinski definition) is 3. The number of rotatable bonds is 8. The van der Waals surface area contributed by atoms with E-state index in [1.807, 2.05) is 6.92 Å². The van der Waals surface area contributed by atoms with Gasteiger partial charge in [-0.15, -0.1) is 0 Å². The van der Waals surface area contributed by atoms with Crippen LogP contribution >= 0.6 is 0 Å². The van der Waals surface area contributed by atoms with Gasteiger partial charge in [-0.1, -0.05) is 32.6 Å². The molecule has 7 nitrogen and oxygen atoms in total. The molecule has 0 aliphatic rings. The van der Waals surface area contributed by atoms with Crippen LogP contribution in [0.4, 0.5) is 0 Å². The first-order chi connectivity index (χ1) is 9.04. The van der Waals surface area contributed by atoms with Crippen LogP contribution in [0, 0.1) is 0 Å². The summed E-state index contributed by atoms with van der Waals surface area (Å²) in [5.41, 5.74) is 1.41. The predicted molar refractivity (Wildman–Crippen MR) is 68.2 cm³/mol. The maximum absolute atomic E-state index is 12.2. The molecule has 1 amide bonds. The van der Waals surface area contributed by atoms with Crippen LogP contribution in [0.15, 0.2) is 17.6 Å². The molecule has 0 spiro atoms. The lowest BCUT2D eigenvalue weighted by Crippen LogP contribution is -2.38. The Hall–Kier alpha value is -1.41. The highest BCUT2D eigenvalue weighted by molar-refractivity contribution is 7.92. The van der Waals surface area contributed by atoms with E-state index in [0.29, 0.717) is 6.42 Å². The quantitative estimate of drug-likeness (QED) is 0.376. The van der Waals surface area contributed by atoms with Crippen molar-refractivity contribution in [2.45, 2.75) is 49.4 Å². The molecule has 0 bridgehead atoms. The monoisotopic (exact) mass is 289 g/mol. The number of imidazole rings is 1. The Morgan fingerprint density at radius 1 is 1.47 bits per heavy atom. The van der Waals surface area contributed by atoms with Crippen LogP contribution in [0.25, 0.3) is 0 Å². The number of aromatic amines is 1. The minimum atomic E-state index is -3.89. The second kappa shape index (κ2) is 7.25. The Labute approximate surface area is 112 Å². The van der Waals surface area contributed by atoms with Crippen LogP contribution in [-0.4, -0.2) is 34.8 Å². The molecular formula is C11H19N3O4S. The van der Waals surface area contributed by atoms with Gasteiger partial charge in [0.05, 0.1) is 0 Å². The molecule has 1 rings (SSSR count). The SMILES string of the molecule is CCCCCCC(C(=O)NO)S(=O)(=O)c1ncc[nH]1. The number of amides is 1. The minimum Gasteiger partial charge on any atom is -0.336 e. The summed E-state index contributed by atoms with van der Waals surface area (Å²) in [5, 5.41) is 7.10. The third kappa shape index (κ3) is 4.03. The average Bonchev–Trinajstić information content (AvgIpc) is 2.92. The largest absolute Gasteiger partial charge is 0.336 e. The summed E-state index contributed by atoms with van der Waals surface area (Å²) >= 11 is 0. The fourth-order valence-corrected chi connectivity index (χ4v) is 3.32. The van der Waals surface area contributed by atoms with Gasteiger partial charge in [0.1, 0.15) is 5.25 Å². The van der Waals surface area contributed by atoms with E-state index in [1.165, 1.54) is 17.9 Å². The molecule has 1 heterocycles. The van der Waals surface area contributed by atoms with E-state index < -0.39 is 21.0 Å². The summed E-state index contributed by atoms with van der Waals surface area (Å²) in [6.45, 7) is 2.04. The lowest BCUT2D eigenvalue weighted by atomic mass is 10.1. The molecule has 1 aromatic heterocycles.